The molecular weight excluding hydrogens is 126 g/mol. The molecule has 1 fully saturated rings. The van der Waals surface area contributed by atoms with Gasteiger partial charge in [0.25, 0.3) is 0 Å². The van der Waals surface area contributed by atoms with E-state index in [1.54, 1.807) is 0 Å². The molecule has 2 nitrogen and oxygen atoms in total. The van der Waals surface area contributed by atoms with E-state index >= 15 is 0 Å². The summed E-state index contributed by atoms with van der Waals surface area (Å²) in [5.74, 6) is 1.90. The minimum Gasteiger partial charge on any atom is -0.464 e. The minimum atomic E-state index is -0.103. The number of hydrogen-bond acceptors (Lipinski definition) is 2. The fourth-order valence-electron chi connectivity index (χ4n) is 1.08. The molecule has 2 N–H and O–H groups in total. The maximum absolute atomic E-state index is 5.89. The Bertz CT molecular complexity index is 248. The highest BCUT2D eigenvalue weighted by molar-refractivity contribution is 5.21. The molecule has 10 heavy (non-hydrogen) atoms. The number of hydrogen-bond donors (Lipinski definition) is 1. The van der Waals surface area contributed by atoms with Crippen LogP contribution in [-0.4, -0.2) is 0 Å². The first kappa shape index (κ1) is 5.98. The quantitative estimate of drug-likeness (QED) is 0.637. The molecule has 2 heteroatoms. The molecule has 54 valence electrons. The lowest BCUT2D eigenvalue weighted by molar-refractivity contribution is 0.438. The van der Waals surface area contributed by atoms with Gasteiger partial charge in [0.2, 0.25) is 0 Å². The van der Waals surface area contributed by atoms with Crippen LogP contribution in [0.5, 0.6) is 0 Å². The fraction of sp³-hybridized carbons (Fsp3) is 0.500. The van der Waals surface area contributed by atoms with E-state index in [2.05, 4.69) is 0 Å². The Kier molecular flexibility index (Phi) is 0.980. The van der Waals surface area contributed by atoms with Crippen molar-refractivity contribution in [2.24, 2.45) is 5.73 Å². The van der Waals surface area contributed by atoms with E-state index in [4.69, 9.17) is 10.2 Å². The van der Waals surface area contributed by atoms with Crippen LogP contribution in [0.4, 0.5) is 0 Å². The molecular formula is C8H11NO. The van der Waals surface area contributed by atoms with Crippen molar-refractivity contribution in [3.63, 3.8) is 0 Å². The van der Waals surface area contributed by atoms with Gasteiger partial charge in [-0.3, -0.25) is 0 Å². The molecule has 0 bridgehead atoms. The highest BCUT2D eigenvalue weighted by Gasteiger charge is 2.42. The molecule has 0 saturated heterocycles. The van der Waals surface area contributed by atoms with Crippen molar-refractivity contribution in [1.29, 1.82) is 0 Å². The van der Waals surface area contributed by atoms with Crippen LogP contribution in [0.1, 0.15) is 24.4 Å². The highest BCUT2D eigenvalue weighted by atomic mass is 16.3. The fourth-order valence-corrected chi connectivity index (χ4v) is 1.08. The van der Waals surface area contributed by atoms with Crippen LogP contribution >= 0.6 is 0 Å². The lowest BCUT2D eigenvalue weighted by Crippen LogP contribution is -2.17. The minimum absolute atomic E-state index is 0.103. The van der Waals surface area contributed by atoms with Gasteiger partial charge in [0.1, 0.15) is 11.5 Å². The van der Waals surface area contributed by atoms with E-state index in [0.717, 1.165) is 24.4 Å². The van der Waals surface area contributed by atoms with Gasteiger partial charge in [0.05, 0.1) is 5.54 Å². The van der Waals surface area contributed by atoms with Crippen molar-refractivity contribution in [1.82, 2.24) is 0 Å². The first-order chi connectivity index (χ1) is 4.71. The second-order valence-electron chi connectivity index (χ2n) is 3.07. The van der Waals surface area contributed by atoms with Crippen molar-refractivity contribution < 1.29 is 4.42 Å². The zero-order chi connectivity index (χ0) is 7.19. The second kappa shape index (κ2) is 1.64. The lowest BCUT2D eigenvalue weighted by atomic mass is 10.2. The second-order valence-corrected chi connectivity index (χ2v) is 3.07. The van der Waals surface area contributed by atoms with Crippen LogP contribution in [0.3, 0.4) is 0 Å². The average Bonchev–Trinajstić information content (AvgIpc) is 2.45. The summed E-state index contributed by atoms with van der Waals surface area (Å²) in [6, 6.07) is 3.94. The monoisotopic (exact) mass is 137 g/mol. The van der Waals surface area contributed by atoms with E-state index in [9.17, 15) is 0 Å². The van der Waals surface area contributed by atoms with Gasteiger partial charge < -0.3 is 10.2 Å². The lowest BCUT2D eigenvalue weighted by Gasteiger charge is -2.01. The predicted molar refractivity (Wildman–Crippen MR) is 38.5 cm³/mol. The van der Waals surface area contributed by atoms with E-state index in [0.29, 0.717) is 0 Å². The summed E-state index contributed by atoms with van der Waals surface area (Å²) in [5, 5.41) is 0. The summed E-state index contributed by atoms with van der Waals surface area (Å²) < 4.78 is 5.39. The Labute approximate surface area is 60.0 Å². The Morgan fingerprint density at radius 2 is 2.20 bits per heavy atom. The first-order valence-electron chi connectivity index (χ1n) is 3.56. The van der Waals surface area contributed by atoms with Crippen molar-refractivity contribution in [2.45, 2.75) is 25.3 Å². The molecule has 0 radical (unpaired) electrons. The Morgan fingerprint density at radius 1 is 1.50 bits per heavy atom. The molecule has 1 saturated carbocycles. The normalized spacial score (nSPS) is 21.0. The maximum atomic E-state index is 5.89. The molecule has 0 atom stereocenters. The molecule has 0 amide bonds. The molecule has 0 aliphatic heterocycles. The summed E-state index contributed by atoms with van der Waals surface area (Å²) in [7, 11) is 0. The van der Waals surface area contributed by atoms with Gasteiger partial charge in [-0.1, -0.05) is 0 Å². The Hall–Kier alpha value is -0.760. The van der Waals surface area contributed by atoms with Gasteiger partial charge in [-0.25, -0.2) is 0 Å². The smallest absolute Gasteiger partial charge is 0.123 e. The van der Waals surface area contributed by atoms with E-state index in [1.165, 1.54) is 0 Å². The van der Waals surface area contributed by atoms with Crippen molar-refractivity contribution >= 4 is 0 Å². The summed E-state index contributed by atoms with van der Waals surface area (Å²) >= 11 is 0. The molecule has 0 aromatic carbocycles. The van der Waals surface area contributed by atoms with E-state index in [1.807, 2.05) is 19.1 Å². The predicted octanol–water partition coefficient (Wildman–Crippen LogP) is 1.54. The molecule has 0 unspecified atom stereocenters. The molecule has 1 aliphatic rings. The molecule has 1 heterocycles. The zero-order valence-electron chi connectivity index (χ0n) is 6.05. The Morgan fingerprint density at radius 3 is 2.60 bits per heavy atom. The Balaban J connectivity index is 2.34. The van der Waals surface area contributed by atoms with Gasteiger partial charge in [0.15, 0.2) is 0 Å². The van der Waals surface area contributed by atoms with Gasteiger partial charge in [-0.15, -0.1) is 0 Å². The third-order valence-corrected chi connectivity index (χ3v) is 2.02. The standard InChI is InChI=1S/C8H11NO/c1-6-2-3-7(10-6)8(9)4-5-8/h2-3H,4-5,9H2,1H3. The summed E-state index contributed by atoms with van der Waals surface area (Å²) in [4.78, 5) is 0. The number of aryl methyl sites for hydroxylation is 1. The van der Waals surface area contributed by atoms with Crippen LogP contribution in [0, 0.1) is 6.92 Å². The number of nitrogens with two attached hydrogens (primary N) is 1. The van der Waals surface area contributed by atoms with Crippen LogP contribution in [-0.2, 0) is 5.54 Å². The van der Waals surface area contributed by atoms with Crippen molar-refractivity contribution in [3.8, 4) is 0 Å². The SMILES string of the molecule is Cc1ccc(C2(N)CC2)o1. The van der Waals surface area contributed by atoms with Crippen molar-refractivity contribution in [2.75, 3.05) is 0 Å². The molecule has 0 spiro atoms. The van der Waals surface area contributed by atoms with Gasteiger partial charge in [0, 0.05) is 0 Å². The topological polar surface area (TPSA) is 39.2 Å². The van der Waals surface area contributed by atoms with Crippen LogP contribution in [0.15, 0.2) is 16.5 Å². The van der Waals surface area contributed by atoms with Crippen LogP contribution in [0.2, 0.25) is 0 Å². The van der Waals surface area contributed by atoms with Crippen LogP contribution in [0.25, 0.3) is 0 Å². The van der Waals surface area contributed by atoms with Crippen LogP contribution < -0.4 is 5.73 Å². The third-order valence-electron chi connectivity index (χ3n) is 2.02. The highest BCUT2D eigenvalue weighted by Crippen LogP contribution is 2.43. The van der Waals surface area contributed by atoms with E-state index in [-0.39, 0.29) is 5.54 Å². The molecule has 1 aliphatic carbocycles. The van der Waals surface area contributed by atoms with Gasteiger partial charge >= 0.3 is 0 Å². The van der Waals surface area contributed by atoms with Gasteiger partial charge in [-0.2, -0.15) is 0 Å². The average molecular weight is 137 g/mol. The largest absolute Gasteiger partial charge is 0.464 e. The zero-order valence-corrected chi connectivity index (χ0v) is 6.05. The summed E-state index contributed by atoms with van der Waals surface area (Å²) in [5.41, 5.74) is 5.78. The number of furan rings is 1. The summed E-state index contributed by atoms with van der Waals surface area (Å²) in [6.07, 6.45) is 2.14. The molecule has 1 aromatic heterocycles. The maximum Gasteiger partial charge on any atom is 0.123 e. The number of rotatable bonds is 1. The molecule has 1 aromatic rings. The third kappa shape index (κ3) is 0.762. The summed E-state index contributed by atoms with van der Waals surface area (Å²) in [6.45, 7) is 1.94. The van der Waals surface area contributed by atoms with Crippen molar-refractivity contribution in [3.05, 3.63) is 23.7 Å². The molecule has 2 rings (SSSR count). The first-order valence-corrected chi connectivity index (χ1v) is 3.56. The van der Waals surface area contributed by atoms with Gasteiger partial charge in [-0.05, 0) is 31.9 Å². The van der Waals surface area contributed by atoms with E-state index < -0.39 is 0 Å².